The van der Waals surface area contributed by atoms with Crippen LogP contribution in [0.2, 0.25) is 10.1 Å². The summed E-state index contributed by atoms with van der Waals surface area (Å²) >= 11 is 0. The minimum atomic E-state index is -3.11. The predicted octanol–water partition coefficient (Wildman–Crippen LogP) is 13.8. The molecule has 4 aromatic carbocycles. The van der Waals surface area contributed by atoms with Gasteiger partial charge in [-0.1, -0.05) is 207 Å². The second-order valence-corrected chi connectivity index (χ2v) is 31.9. The molecule has 4 aromatic rings. The van der Waals surface area contributed by atoms with Crippen LogP contribution in [-0.4, -0.2) is 48.3 Å². The maximum atomic E-state index is 16.3. The summed E-state index contributed by atoms with van der Waals surface area (Å²) in [7, 11) is -4.41. The fraction of sp³-hybridized carbons (Fsp3) is 0.508. The second-order valence-electron chi connectivity index (χ2n) is 23.4. The quantitative estimate of drug-likeness (QED) is 0.0781. The van der Waals surface area contributed by atoms with Crippen LogP contribution in [0, 0.1) is 23.2 Å². The van der Waals surface area contributed by atoms with Crippen LogP contribution < -0.4 is 20.7 Å². The van der Waals surface area contributed by atoms with Crippen LogP contribution in [0.5, 0.6) is 0 Å². The normalized spacial score (nSPS) is 25.2. The number of rotatable bonds is 17. The molecule has 3 aliphatic carbocycles. The summed E-state index contributed by atoms with van der Waals surface area (Å²) in [6, 6.07) is 43.5. The predicted molar refractivity (Wildman–Crippen MR) is 288 cm³/mol. The number of hydrogen-bond acceptors (Lipinski definition) is 4. The summed E-state index contributed by atoms with van der Waals surface area (Å²) in [5.41, 5.74) is 3.24. The summed E-state index contributed by atoms with van der Waals surface area (Å²) in [6.07, 6.45) is 15.4. The van der Waals surface area contributed by atoms with Crippen LogP contribution in [0.25, 0.3) is 0 Å². The van der Waals surface area contributed by atoms with Crippen molar-refractivity contribution in [2.24, 2.45) is 23.2 Å². The molecular weight excluding hydrogens is 872 g/mol. The van der Waals surface area contributed by atoms with E-state index < -0.39 is 22.7 Å². The average molecular weight is 956 g/mol. The summed E-state index contributed by atoms with van der Waals surface area (Å²) < 4.78 is 43.5. The van der Waals surface area contributed by atoms with Crippen molar-refractivity contribution in [2.45, 2.75) is 161 Å². The van der Waals surface area contributed by atoms with E-state index in [-0.39, 0.29) is 27.2 Å². The van der Waals surface area contributed by atoms with Gasteiger partial charge in [0, 0.05) is 19.1 Å². The highest BCUT2D eigenvalue weighted by Crippen LogP contribution is 2.60. The fourth-order valence-corrected chi connectivity index (χ4v) is 22.5. The Hall–Kier alpha value is -3.70. The average Bonchev–Trinajstić information content (AvgIpc) is 3.69. The van der Waals surface area contributed by atoms with E-state index in [1.54, 1.807) is 7.11 Å². The van der Waals surface area contributed by atoms with Gasteiger partial charge < -0.3 is 18.3 Å². The first-order valence-corrected chi connectivity index (χ1v) is 29.6. The van der Waals surface area contributed by atoms with Gasteiger partial charge in [0.2, 0.25) is 0 Å². The third-order valence-corrected chi connectivity index (χ3v) is 26.6. The van der Waals surface area contributed by atoms with Crippen LogP contribution in [0.3, 0.4) is 0 Å². The molecule has 0 aliphatic heterocycles. The molecule has 0 heterocycles. The molecule has 0 bridgehead atoms. The van der Waals surface area contributed by atoms with Gasteiger partial charge in [0.05, 0.1) is 24.1 Å². The first kappa shape index (κ1) is 52.1. The lowest BCUT2D eigenvalue weighted by Gasteiger charge is -2.49. The summed E-state index contributed by atoms with van der Waals surface area (Å²) in [5, 5.41) is 4.37. The van der Waals surface area contributed by atoms with Gasteiger partial charge in [0.15, 0.2) is 0 Å². The Morgan fingerprint density at radius 2 is 1.21 bits per heavy atom. The summed E-state index contributed by atoms with van der Waals surface area (Å²) in [6.45, 7) is 23.8. The lowest BCUT2D eigenvalue weighted by atomic mass is 9.60. The highest BCUT2D eigenvalue weighted by Gasteiger charge is 2.56. The maximum absolute atomic E-state index is 16.3. The van der Waals surface area contributed by atoms with E-state index >= 15 is 4.39 Å². The summed E-state index contributed by atoms with van der Waals surface area (Å²) in [4.78, 5) is 0. The standard InChI is InChI=1S/C61H83FO4Si2/c1-46(26-24-40-60(8,9)64-45-63-11)55-38-39-56-47(27-25-41-61(55,56)10)36-37-48-42-49(65-67(58(2,3)4,50-28-16-12-17-29-50)51-30-18-13-19-31-51)43-57(54(48)44-62)66-68(59(5,6)7,52-32-20-14-21-33-52)53-34-22-15-23-35-53/h12-23,28-37,44,46,49,55-57H,24-27,38-43,45H2,1-11H3/b47-36+,48-37+,54-44-/t46-,49-,55-,56+,57+,61-/m1/s1. The van der Waals surface area contributed by atoms with Gasteiger partial charge in [-0.25, -0.2) is 4.39 Å². The van der Waals surface area contributed by atoms with Crippen LogP contribution in [-0.2, 0) is 18.3 Å². The van der Waals surface area contributed by atoms with Gasteiger partial charge in [-0.3, -0.25) is 0 Å². The number of halogens is 1. The third-order valence-electron chi connectivity index (χ3n) is 16.5. The number of ether oxygens (including phenoxy) is 2. The molecule has 68 heavy (non-hydrogen) atoms. The third kappa shape index (κ3) is 10.8. The first-order chi connectivity index (χ1) is 32.4. The Kier molecular flexibility index (Phi) is 16.7. The maximum Gasteiger partial charge on any atom is 0.261 e. The molecule has 3 aliphatic rings. The Balaban J connectivity index is 1.30. The second kappa shape index (κ2) is 21.7. The zero-order valence-corrected chi connectivity index (χ0v) is 45.5. The topological polar surface area (TPSA) is 36.9 Å². The number of allylic oxidation sites excluding steroid dienone is 3. The molecule has 0 saturated heterocycles. The molecule has 0 radical (unpaired) electrons. The van der Waals surface area contributed by atoms with E-state index in [2.05, 4.69) is 203 Å². The molecule has 3 fully saturated rings. The van der Waals surface area contributed by atoms with Crippen LogP contribution in [0.15, 0.2) is 157 Å². The molecule has 0 aromatic heterocycles. The molecule has 0 amide bonds. The van der Waals surface area contributed by atoms with Crippen LogP contribution in [0.1, 0.15) is 133 Å². The molecule has 3 saturated carbocycles. The Morgan fingerprint density at radius 3 is 1.68 bits per heavy atom. The first-order valence-electron chi connectivity index (χ1n) is 25.8. The Bertz CT molecular complexity index is 2230. The molecule has 0 N–H and O–H groups in total. The highest BCUT2D eigenvalue weighted by atomic mass is 28.4. The largest absolute Gasteiger partial charge is 0.404 e. The Morgan fingerprint density at radius 1 is 0.706 bits per heavy atom. The zero-order valence-electron chi connectivity index (χ0n) is 43.5. The number of fused-ring (bicyclic) bond motifs is 1. The molecule has 0 spiro atoms. The highest BCUT2D eigenvalue weighted by molar-refractivity contribution is 7.00. The van der Waals surface area contributed by atoms with Gasteiger partial charge in [-0.2, -0.15) is 0 Å². The van der Waals surface area contributed by atoms with E-state index in [1.165, 1.54) is 58.4 Å². The lowest BCUT2D eigenvalue weighted by Crippen LogP contribution is -2.69. The minimum Gasteiger partial charge on any atom is -0.404 e. The van der Waals surface area contributed by atoms with Crippen molar-refractivity contribution in [1.29, 1.82) is 0 Å². The fourth-order valence-electron chi connectivity index (χ4n) is 13.1. The van der Waals surface area contributed by atoms with E-state index in [9.17, 15) is 0 Å². The van der Waals surface area contributed by atoms with Gasteiger partial charge >= 0.3 is 0 Å². The molecule has 4 nitrogen and oxygen atoms in total. The van der Waals surface area contributed by atoms with Gasteiger partial charge in [0.25, 0.3) is 16.6 Å². The van der Waals surface area contributed by atoms with Crippen LogP contribution in [0.4, 0.5) is 4.39 Å². The minimum absolute atomic E-state index is 0.189. The molecule has 7 rings (SSSR count). The Labute approximate surface area is 413 Å². The van der Waals surface area contributed by atoms with Crippen molar-refractivity contribution in [3.63, 3.8) is 0 Å². The van der Waals surface area contributed by atoms with Gasteiger partial charge in [0.1, 0.15) is 6.79 Å². The van der Waals surface area contributed by atoms with Crippen molar-refractivity contribution in [3.05, 3.63) is 157 Å². The van der Waals surface area contributed by atoms with Crippen molar-refractivity contribution < 1.29 is 22.7 Å². The zero-order chi connectivity index (χ0) is 48.8. The number of hydrogen-bond donors (Lipinski definition) is 0. The number of benzene rings is 4. The van der Waals surface area contributed by atoms with E-state index in [4.69, 9.17) is 18.3 Å². The lowest BCUT2D eigenvalue weighted by molar-refractivity contribution is -0.118. The van der Waals surface area contributed by atoms with E-state index in [0.717, 1.165) is 31.2 Å². The SMILES string of the molecule is COCOC(C)(C)CCC[C@@H](C)[C@H]1CC[C@H]2/C(=C/C=C3\C[C@@H](O[Si](c4ccccc4)(c4ccccc4)C(C)(C)C)C[C@H](O[Si](c4ccccc4)(c4ccccc4)C(C)(C)C)\C3=C/F)CCC[C@]12C. The van der Waals surface area contributed by atoms with Gasteiger partial charge in [-0.15, -0.1) is 0 Å². The van der Waals surface area contributed by atoms with Gasteiger partial charge in [-0.05, 0) is 118 Å². The smallest absolute Gasteiger partial charge is 0.261 e. The molecule has 0 unspecified atom stereocenters. The van der Waals surface area contributed by atoms with Crippen molar-refractivity contribution in [2.75, 3.05) is 13.9 Å². The molecule has 6 atom stereocenters. The molecular formula is C61H83FO4Si2. The van der Waals surface area contributed by atoms with Crippen LogP contribution >= 0.6 is 0 Å². The monoisotopic (exact) mass is 955 g/mol. The molecule has 366 valence electrons. The van der Waals surface area contributed by atoms with Crippen molar-refractivity contribution in [1.82, 2.24) is 0 Å². The van der Waals surface area contributed by atoms with Crippen molar-refractivity contribution in [3.8, 4) is 0 Å². The number of methoxy groups -OCH3 is 1. The van der Waals surface area contributed by atoms with E-state index in [1.807, 2.05) is 0 Å². The summed E-state index contributed by atoms with van der Waals surface area (Å²) in [5.74, 6) is 1.84. The van der Waals surface area contributed by atoms with Crippen molar-refractivity contribution >= 4 is 37.4 Å². The van der Waals surface area contributed by atoms with E-state index in [0.29, 0.717) is 43.0 Å². The molecule has 7 heteroatoms.